The number of hydrogen-bond donors (Lipinski definition) is 0. The second-order valence-corrected chi connectivity index (χ2v) is 6.93. The standard InChI is InChI=1S/C20H18F6N4O3/c1-3-28(4-2)14-8-27-6-5-11(14)9-29-10-15(31)30(19(29)32)13-7-12(21)18(17(23)16(13)22)33-20(24,25)26/h5-8H,3-4,9-10H2,1-2H3. The molecule has 2 aromatic rings. The number of amides is 3. The van der Waals surface area contributed by atoms with E-state index in [-0.39, 0.29) is 17.5 Å². The summed E-state index contributed by atoms with van der Waals surface area (Å²) in [4.78, 5) is 32.4. The lowest BCUT2D eigenvalue weighted by Crippen LogP contribution is -2.34. The van der Waals surface area contributed by atoms with Gasteiger partial charge in [-0.05, 0) is 25.5 Å². The summed E-state index contributed by atoms with van der Waals surface area (Å²) < 4.78 is 82.9. The van der Waals surface area contributed by atoms with Crippen LogP contribution in [0.5, 0.6) is 5.75 Å². The Hall–Kier alpha value is -3.51. The van der Waals surface area contributed by atoms with Gasteiger partial charge >= 0.3 is 12.4 Å². The zero-order chi connectivity index (χ0) is 24.5. The first-order chi connectivity index (χ1) is 15.5. The van der Waals surface area contributed by atoms with Crippen molar-refractivity contribution >= 4 is 23.3 Å². The molecule has 0 saturated carbocycles. The van der Waals surface area contributed by atoms with E-state index in [0.717, 1.165) is 4.90 Å². The fourth-order valence-corrected chi connectivity index (χ4v) is 3.45. The molecule has 3 rings (SSSR count). The fourth-order valence-electron chi connectivity index (χ4n) is 3.45. The lowest BCUT2D eigenvalue weighted by Gasteiger charge is -2.25. The number of halogens is 6. The minimum Gasteiger partial charge on any atom is -0.399 e. The number of nitrogens with zero attached hydrogens (tertiary/aromatic N) is 4. The molecule has 13 heteroatoms. The Labute approximate surface area is 184 Å². The zero-order valence-corrected chi connectivity index (χ0v) is 17.4. The molecule has 1 aromatic carbocycles. The summed E-state index contributed by atoms with van der Waals surface area (Å²) in [6.45, 7) is 4.43. The number of carbonyl (C=O) groups is 2. The monoisotopic (exact) mass is 476 g/mol. The van der Waals surface area contributed by atoms with E-state index in [4.69, 9.17) is 0 Å². The van der Waals surface area contributed by atoms with Crippen molar-refractivity contribution in [3.8, 4) is 5.75 Å². The van der Waals surface area contributed by atoms with E-state index in [0.29, 0.717) is 24.3 Å². The lowest BCUT2D eigenvalue weighted by molar-refractivity contribution is -0.276. The molecule has 0 radical (unpaired) electrons. The van der Waals surface area contributed by atoms with Gasteiger partial charge in [0, 0.05) is 25.4 Å². The van der Waals surface area contributed by atoms with Crippen molar-refractivity contribution in [2.24, 2.45) is 0 Å². The summed E-state index contributed by atoms with van der Waals surface area (Å²) in [5, 5.41) is 0. The van der Waals surface area contributed by atoms with E-state index in [9.17, 15) is 35.9 Å². The summed E-state index contributed by atoms with van der Waals surface area (Å²) in [6, 6.07) is 0.633. The lowest BCUT2D eigenvalue weighted by atomic mass is 10.2. The van der Waals surface area contributed by atoms with Crippen LogP contribution in [0.15, 0.2) is 24.5 Å². The van der Waals surface area contributed by atoms with Gasteiger partial charge < -0.3 is 14.5 Å². The molecule has 0 N–H and O–H groups in total. The highest BCUT2D eigenvalue weighted by atomic mass is 19.4. The third-order valence-corrected chi connectivity index (χ3v) is 4.95. The number of urea groups is 1. The first-order valence-electron chi connectivity index (χ1n) is 9.71. The average molecular weight is 476 g/mol. The summed E-state index contributed by atoms with van der Waals surface area (Å²) in [7, 11) is 0. The summed E-state index contributed by atoms with van der Waals surface area (Å²) in [6.07, 6.45) is -2.43. The third kappa shape index (κ3) is 4.81. The molecular weight excluding hydrogens is 458 g/mol. The first-order valence-corrected chi connectivity index (χ1v) is 9.71. The number of anilines is 2. The Morgan fingerprint density at radius 2 is 1.79 bits per heavy atom. The molecule has 1 saturated heterocycles. The fraction of sp³-hybridized carbons (Fsp3) is 0.350. The van der Waals surface area contributed by atoms with Gasteiger partial charge in [-0.2, -0.15) is 4.39 Å². The zero-order valence-electron chi connectivity index (χ0n) is 17.4. The van der Waals surface area contributed by atoms with Crippen molar-refractivity contribution < 1.29 is 40.7 Å². The average Bonchev–Trinajstić information content (AvgIpc) is 3.02. The van der Waals surface area contributed by atoms with Gasteiger partial charge in [-0.25, -0.2) is 18.5 Å². The SMILES string of the molecule is CCN(CC)c1cnccc1CN1CC(=O)N(c2cc(F)c(OC(F)(F)F)c(F)c2F)C1=O. The summed E-state index contributed by atoms with van der Waals surface area (Å²) in [5.74, 6) is -9.33. The Morgan fingerprint density at radius 3 is 2.39 bits per heavy atom. The second-order valence-electron chi connectivity index (χ2n) is 6.93. The quantitative estimate of drug-likeness (QED) is 0.340. The molecule has 33 heavy (non-hydrogen) atoms. The minimum absolute atomic E-state index is 0.0999. The predicted molar refractivity (Wildman–Crippen MR) is 104 cm³/mol. The van der Waals surface area contributed by atoms with Crippen molar-refractivity contribution in [2.45, 2.75) is 26.8 Å². The van der Waals surface area contributed by atoms with Gasteiger partial charge in [-0.1, -0.05) is 0 Å². The highest BCUT2D eigenvalue weighted by Gasteiger charge is 2.42. The van der Waals surface area contributed by atoms with Gasteiger partial charge in [0.2, 0.25) is 11.6 Å². The van der Waals surface area contributed by atoms with Crippen LogP contribution in [0.1, 0.15) is 19.4 Å². The van der Waals surface area contributed by atoms with Crippen LogP contribution in [0.2, 0.25) is 0 Å². The van der Waals surface area contributed by atoms with Crippen molar-refractivity contribution in [1.29, 1.82) is 0 Å². The first kappa shape index (κ1) is 24.1. The smallest absolute Gasteiger partial charge is 0.399 e. The third-order valence-electron chi connectivity index (χ3n) is 4.95. The number of rotatable bonds is 7. The molecule has 178 valence electrons. The van der Waals surface area contributed by atoms with Crippen LogP contribution in [0.4, 0.5) is 42.5 Å². The van der Waals surface area contributed by atoms with Gasteiger partial charge in [0.05, 0.1) is 24.1 Å². The number of hydrogen-bond acceptors (Lipinski definition) is 5. The van der Waals surface area contributed by atoms with Crippen LogP contribution in [0, 0.1) is 17.5 Å². The maximum Gasteiger partial charge on any atom is 0.573 e. The van der Waals surface area contributed by atoms with E-state index < -0.39 is 53.7 Å². The number of carbonyl (C=O) groups excluding carboxylic acids is 2. The molecule has 0 atom stereocenters. The van der Waals surface area contributed by atoms with E-state index in [1.165, 1.54) is 6.20 Å². The highest BCUT2D eigenvalue weighted by molar-refractivity contribution is 6.19. The van der Waals surface area contributed by atoms with Gasteiger partial charge in [0.15, 0.2) is 11.6 Å². The Balaban J connectivity index is 1.92. The van der Waals surface area contributed by atoms with Crippen LogP contribution >= 0.6 is 0 Å². The van der Waals surface area contributed by atoms with Crippen LogP contribution in [0.25, 0.3) is 0 Å². The van der Waals surface area contributed by atoms with Crippen molar-refractivity contribution in [1.82, 2.24) is 9.88 Å². The molecule has 2 heterocycles. The topological polar surface area (TPSA) is 66.0 Å². The number of imide groups is 1. The maximum absolute atomic E-state index is 14.5. The molecule has 0 aliphatic carbocycles. The van der Waals surface area contributed by atoms with Crippen molar-refractivity contribution in [3.63, 3.8) is 0 Å². The Morgan fingerprint density at radius 1 is 1.12 bits per heavy atom. The Bertz CT molecular complexity index is 1070. The number of alkyl halides is 3. The molecule has 1 aliphatic heterocycles. The van der Waals surface area contributed by atoms with Crippen LogP contribution in [0.3, 0.4) is 0 Å². The Kier molecular flexibility index (Phi) is 6.70. The van der Waals surface area contributed by atoms with Crippen molar-refractivity contribution in [2.75, 3.05) is 29.4 Å². The van der Waals surface area contributed by atoms with Crippen molar-refractivity contribution in [3.05, 3.63) is 47.5 Å². The largest absolute Gasteiger partial charge is 0.573 e. The molecule has 3 amide bonds. The molecule has 0 unspecified atom stereocenters. The minimum atomic E-state index is -5.49. The number of aromatic nitrogens is 1. The number of pyridine rings is 1. The van der Waals surface area contributed by atoms with Gasteiger partial charge in [0.25, 0.3) is 5.91 Å². The van der Waals surface area contributed by atoms with Crippen LogP contribution in [-0.2, 0) is 11.3 Å². The summed E-state index contributed by atoms with van der Waals surface area (Å²) >= 11 is 0. The molecule has 0 bridgehead atoms. The van der Waals surface area contributed by atoms with E-state index in [1.807, 2.05) is 18.7 Å². The molecule has 7 nitrogen and oxygen atoms in total. The van der Waals surface area contributed by atoms with E-state index >= 15 is 0 Å². The van der Waals surface area contributed by atoms with Gasteiger partial charge in [-0.15, -0.1) is 13.2 Å². The molecular formula is C20H18F6N4O3. The second kappa shape index (κ2) is 9.16. The van der Waals surface area contributed by atoms with Crippen LogP contribution < -0.4 is 14.5 Å². The molecule has 1 aromatic heterocycles. The number of ether oxygens (including phenoxy) is 1. The molecule has 0 spiro atoms. The molecule has 1 fully saturated rings. The predicted octanol–water partition coefficient (Wildman–Crippen LogP) is 4.21. The normalized spacial score (nSPS) is 14.3. The van der Waals surface area contributed by atoms with Gasteiger partial charge in [0.1, 0.15) is 6.54 Å². The molecule has 1 aliphatic rings. The maximum atomic E-state index is 14.5. The van der Waals surface area contributed by atoms with E-state index in [1.54, 1.807) is 12.3 Å². The van der Waals surface area contributed by atoms with E-state index in [2.05, 4.69) is 9.72 Å². The van der Waals surface area contributed by atoms with Gasteiger partial charge in [-0.3, -0.25) is 9.78 Å². The summed E-state index contributed by atoms with van der Waals surface area (Å²) in [5.41, 5.74) is 0.150. The van der Waals surface area contributed by atoms with Crippen LogP contribution in [-0.4, -0.2) is 47.8 Å². The highest BCUT2D eigenvalue weighted by Crippen LogP contribution is 2.36. The number of benzene rings is 1.